The van der Waals surface area contributed by atoms with Crippen LogP contribution < -0.4 is 4.90 Å². The third-order valence-corrected chi connectivity index (χ3v) is 2.35. The maximum atomic E-state index is 9.29. The van der Waals surface area contributed by atoms with Crippen molar-refractivity contribution in [3.8, 4) is 0 Å². The number of rotatable bonds is 7. The number of aliphatic hydroxyl groups excluding tert-OH is 1. The average molecular weight is 237 g/mol. The number of ether oxygens (including phenoxy) is 1. The van der Waals surface area contributed by atoms with Crippen LogP contribution in [-0.2, 0) is 11.3 Å². The summed E-state index contributed by atoms with van der Waals surface area (Å²) in [6.07, 6.45) is 3.45. The van der Waals surface area contributed by atoms with Crippen molar-refractivity contribution < 1.29 is 9.84 Å². The summed E-state index contributed by atoms with van der Waals surface area (Å²) in [5.41, 5.74) is 0.716. The van der Waals surface area contributed by atoms with Gasteiger partial charge in [-0.2, -0.15) is 0 Å². The van der Waals surface area contributed by atoms with Gasteiger partial charge in [-0.25, -0.2) is 9.97 Å². The molecule has 1 heterocycles. The van der Waals surface area contributed by atoms with Gasteiger partial charge in [0, 0.05) is 32.0 Å². The molecule has 0 aliphatic rings. The van der Waals surface area contributed by atoms with E-state index in [9.17, 15) is 5.11 Å². The third kappa shape index (κ3) is 3.80. The Bertz CT molecular complexity index is 369. The summed E-state index contributed by atoms with van der Waals surface area (Å²) in [4.78, 5) is 10.5. The van der Waals surface area contributed by atoms with Crippen LogP contribution >= 0.6 is 0 Å². The Hall–Kier alpha value is -1.46. The number of hydrogen-bond donors (Lipinski definition) is 1. The smallest absolute Gasteiger partial charge is 0.138 e. The fourth-order valence-corrected chi connectivity index (χ4v) is 1.51. The summed E-state index contributed by atoms with van der Waals surface area (Å²) >= 11 is 0. The standard InChI is InChI=1S/C12H19N3O2/c1-4-5-15(6-7-17-3)12-11(9-16)8-13-10(2)14-12/h4,8,16H,1,5-7,9H2,2-3H3. The van der Waals surface area contributed by atoms with Crippen molar-refractivity contribution in [2.45, 2.75) is 13.5 Å². The lowest BCUT2D eigenvalue weighted by atomic mass is 10.3. The molecule has 0 radical (unpaired) electrons. The topological polar surface area (TPSA) is 58.5 Å². The van der Waals surface area contributed by atoms with E-state index in [1.165, 1.54) is 0 Å². The summed E-state index contributed by atoms with van der Waals surface area (Å²) in [6.45, 7) is 7.44. The molecule has 0 saturated carbocycles. The second-order valence-corrected chi connectivity index (χ2v) is 3.65. The molecule has 0 bridgehead atoms. The second-order valence-electron chi connectivity index (χ2n) is 3.65. The highest BCUT2D eigenvalue weighted by atomic mass is 16.5. The quantitative estimate of drug-likeness (QED) is 0.714. The number of anilines is 1. The molecule has 1 aromatic rings. The highest BCUT2D eigenvalue weighted by molar-refractivity contribution is 5.46. The summed E-state index contributed by atoms with van der Waals surface area (Å²) in [7, 11) is 1.66. The van der Waals surface area contributed by atoms with Crippen LogP contribution in [-0.4, -0.2) is 41.9 Å². The largest absolute Gasteiger partial charge is 0.391 e. The molecule has 94 valence electrons. The van der Waals surface area contributed by atoms with E-state index in [1.54, 1.807) is 19.4 Å². The molecule has 0 saturated heterocycles. The van der Waals surface area contributed by atoms with Crippen LogP contribution in [0.15, 0.2) is 18.9 Å². The lowest BCUT2D eigenvalue weighted by Crippen LogP contribution is -2.29. The number of aromatic nitrogens is 2. The molecule has 17 heavy (non-hydrogen) atoms. The molecule has 0 amide bonds. The lowest BCUT2D eigenvalue weighted by molar-refractivity contribution is 0.205. The zero-order chi connectivity index (χ0) is 12.7. The first-order chi connectivity index (χ1) is 8.22. The molecule has 1 rings (SSSR count). The fourth-order valence-electron chi connectivity index (χ4n) is 1.51. The van der Waals surface area contributed by atoms with Crippen molar-refractivity contribution in [1.29, 1.82) is 0 Å². The molecule has 0 aromatic carbocycles. The minimum Gasteiger partial charge on any atom is -0.391 e. The molecule has 1 N–H and O–H groups in total. The van der Waals surface area contributed by atoms with Gasteiger partial charge in [0.2, 0.25) is 0 Å². The monoisotopic (exact) mass is 237 g/mol. The minimum absolute atomic E-state index is 0.0732. The summed E-state index contributed by atoms with van der Waals surface area (Å²) < 4.78 is 5.06. The molecule has 5 nitrogen and oxygen atoms in total. The van der Waals surface area contributed by atoms with Gasteiger partial charge in [0.15, 0.2) is 0 Å². The van der Waals surface area contributed by atoms with Crippen LogP contribution in [0.4, 0.5) is 5.82 Å². The van der Waals surface area contributed by atoms with Gasteiger partial charge in [-0.15, -0.1) is 6.58 Å². The van der Waals surface area contributed by atoms with Gasteiger partial charge in [-0.1, -0.05) is 6.08 Å². The molecule has 0 fully saturated rings. The van der Waals surface area contributed by atoms with Crippen LogP contribution in [0.25, 0.3) is 0 Å². The van der Waals surface area contributed by atoms with Crippen LogP contribution in [0.1, 0.15) is 11.4 Å². The van der Waals surface area contributed by atoms with Crippen molar-refractivity contribution in [1.82, 2.24) is 9.97 Å². The van der Waals surface area contributed by atoms with Crippen LogP contribution in [0.2, 0.25) is 0 Å². The zero-order valence-corrected chi connectivity index (χ0v) is 10.4. The summed E-state index contributed by atoms with van der Waals surface area (Å²) in [5, 5.41) is 9.29. The molecule has 1 aromatic heterocycles. The van der Waals surface area contributed by atoms with Crippen molar-refractivity contribution in [2.75, 3.05) is 31.7 Å². The molecule has 0 unspecified atom stereocenters. The van der Waals surface area contributed by atoms with Gasteiger partial charge in [0.25, 0.3) is 0 Å². The molecule has 0 atom stereocenters. The lowest BCUT2D eigenvalue weighted by Gasteiger charge is -2.23. The predicted molar refractivity (Wildman–Crippen MR) is 67.0 cm³/mol. The molecule has 0 aliphatic carbocycles. The number of nitrogens with zero attached hydrogens (tertiary/aromatic N) is 3. The van der Waals surface area contributed by atoms with Gasteiger partial charge < -0.3 is 14.7 Å². The van der Waals surface area contributed by atoms with Crippen molar-refractivity contribution in [2.24, 2.45) is 0 Å². The van der Waals surface area contributed by atoms with Crippen LogP contribution in [0.3, 0.4) is 0 Å². The van der Waals surface area contributed by atoms with Gasteiger partial charge >= 0.3 is 0 Å². The van der Waals surface area contributed by atoms with E-state index >= 15 is 0 Å². The average Bonchev–Trinajstić information content (AvgIpc) is 2.34. The van der Waals surface area contributed by atoms with Crippen molar-refractivity contribution >= 4 is 5.82 Å². The first-order valence-corrected chi connectivity index (χ1v) is 5.51. The Morgan fingerprint density at radius 1 is 1.59 bits per heavy atom. The third-order valence-electron chi connectivity index (χ3n) is 2.35. The highest BCUT2D eigenvalue weighted by Crippen LogP contribution is 2.17. The van der Waals surface area contributed by atoms with E-state index in [0.29, 0.717) is 31.1 Å². The van der Waals surface area contributed by atoms with E-state index in [2.05, 4.69) is 16.5 Å². The fraction of sp³-hybridized carbons (Fsp3) is 0.500. The normalized spacial score (nSPS) is 10.3. The maximum Gasteiger partial charge on any atom is 0.138 e. The van der Waals surface area contributed by atoms with Gasteiger partial charge in [-0.05, 0) is 6.92 Å². The number of methoxy groups -OCH3 is 1. The van der Waals surface area contributed by atoms with Crippen LogP contribution in [0.5, 0.6) is 0 Å². The van der Waals surface area contributed by atoms with E-state index in [0.717, 1.165) is 5.82 Å². The van der Waals surface area contributed by atoms with E-state index in [1.807, 2.05) is 11.8 Å². The van der Waals surface area contributed by atoms with Gasteiger partial charge in [0.05, 0.1) is 13.2 Å². The summed E-state index contributed by atoms with van der Waals surface area (Å²) in [6, 6.07) is 0. The number of aryl methyl sites for hydroxylation is 1. The van der Waals surface area contributed by atoms with E-state index in [-0.39, 0.29) is 6.61 Å². The summed E-state index contributed by atoms with van der Waals surface area (Å²) in [5.74, 6) is 1.43. The first-order valence-electron chi connectivity index (χ1n) is 5.51. The number of hydrogen-bond acceptors (Lipinski definition) is 5. The first kappa shape index (κ1) is 13.6. The van der Waals surface area contributed by atoms with E-state index in [4.69, 9.17) is 4.74 Å². The Kier molecular flexibility index (Phi) is 5.59. The Morgan fingerprint density at radius 3 is 2.94 bits per heavy atom. The predicted octanol–water partition coefficient (Wildman–Crippen LogP) is 0.916. The molecular weight excluding hydrogens is 218 g/mol. The number of aliphatic hydroxyl groups is 1. The highest BCUT2D eigenvalue weighted by Gasteiger charge is 2.12. The Labute approximate surface area is 102 Å². The molecular formula is C12H19N3O2. The molecule has 5 heteroatoms. The van der Waals surface area contributed by atoms with E-state index < -0.39 is 0 Å². The van der Waals surface area contributed by atoms with Crippen molar-refractivity contribution in [3.05, 3.63) is 30.2 Å². The van der Waals surface area contributed by atoms with Gasteiger partial charge in [0.1, 0.15) is 11.6 Å². The van der Waals surface area contributed by atoms with Crippen LogP contribution in [0, 0.1) is 6.92 Å². The maximum absolute atomic E-state index is 9.29. The second kappa shape index (κ2) is 6.98. The van der Waals surface area contributed by atoms with Gasteiger partial charge in [-0.3, -0.25) is 0 Å². The SMILES string of the molecule is C=CCN(CCOC)c1nc(C)ncc1CO. The Balaban J connectivity index is 2.97. The molecule has 0 spiro atoms. The molecule has 0 aliphatic heterocycles. The van der Waals surface area contributed by atoms with Crippen molar-refractivity contribution in [3.63, 3.8) is 0 Å². The zero-order valence-electron chi connectivity index (χ0n) is 10.4. The minimum atomic E-state index is -0.0732. The Morgan fingerprint density at radius 2 is 2.35 bits per heavy atom.